The number of nitrogens with zero attached hydrogens (tertiary/aromatic N) is 6. The molecule has 3 radical (unpaired) electrons. The quantitative estimate of drug-likeness (QED) is 0.131. The van der Waals surface area contributed by atoms with Crippen molar-refractivity contribution < 1.29 is 26.1 Å². The molecular weight excluding hydrogens is 787 g/mol. The first-order valence-corrected chi connectivity index (χ1v) is 19.8. The Bertz CT molecular complexity index is 1640. The van der Waals surface area contributed by atoms with E-state index in [4.69, 9.17) is 27.7 Å². The van der Waals surface area contributed by atoms with Crippen LogP contribution < -0.4 is 4.90 Å². The van der Waals surface area contributed by atoms with Crippen LogP contribution in [0.3, 0.4) is 0 Å². The Hall–Kier alpha value is -1.85. The zero-order chi connectivity index (χ0) is 29.6. The van der Waals surface area contributed by atoms with E-state index >= 15 is 0 Å². The van der Waals surface area contributed by atoms with Crippen LogP contribution in [0.5, 0.6) is 0 Å². The van der Waals surface area contributed by atoms with Crippen molar-refractivity contribution in [3.05, 3.63) is 35.3 Å². The molecule has 17 heteroatoms. The third-order valence-electron chi connectivity index (χ3n) is 6.62. The van der Waals surface area contributed by atoms with Gasteiger partial charge in [0.2, 0.25) is 10.0 Å². The number of anilines is 1. The Balaban J connectivity index is 0.000000596. The Morgan fingerprint density at radius 2 is 1.78 bits per heavy atom. The molecule has 2 N–H and O–H groups in total. The Labute approximate surface area is 259 Å². The summed E-state index contributed by atoms with van der Waals surface area (Å²) in [6.45, 7) is 6.22. The zero-order valence-corrected chi connectivity index (χ0v) is 28.5. The number of rotatable bonds is 5. The van der Waals surface area contributed by atoms with E-state index in [1.807, 2.05) is 24.4 Å². The third-order valence-corrected chi connectivity index (χ3v) is 9.03. The molecule has 2 fully saturated rings. The SMILES string of the molecule is CS(=O)(=O)N1CCN(Cc2cc3nc(-c4cccc5[nH]ncc45)nc(N4CCOCC4)c3s2)CC1.O=[S-](=O)O.[CH3][Bi+]. The van der Waals surface area contributed by atoms with Gasteiger partial charge in [-0.1, -0.05) is 12.1 Å². The van der Waals surface area contributed by atoms with Gasteiger partial charge in [-0.25, -0.2) is 18.4 Å². The molecule has 0 aliphatic carbocycles. The van der Waals surface area contributed by atoms with Crippen molar-refractivity contribution in [2.75, 3.05) is 63.6 Å². The Kier molecular flexibility index (Phi) is 11.4. The topological polar surface area (TPSA) is 162 Å². The minimum atomic E-state index is -3.13. The minimum absolute atomic E-state index is 0.529. The molecule has 0 spiro atoms. The van der Waals surface area contributed by atoms with Crippen molar-refractivity contribution in [2.24, 2.45) is 0 Å². The summed E-state index contributed by atoms with van der Waals surface area (Å²) in [5.41, 5.74) is 2.85. The molecule has 0 atom stereocenters. The van der Waals surface area contributed by atoms with Gasteiger partial charge in [-0.05, 0) is 12.1 Å². The normalized spacial score (nSPS) is 16.9. The Morgan fingerprint density at radius 3 is 2.44 bits per heavy atom. The van der Waals surface area contributed by atoms with Gasteiger partial charge in [0.1, 0.15) is 0 Å². The van der Waals surface area contributed by atoms with Crippen LogP contribution in [-0.2, 0) is 40.7 Å². The fourth-order valence-electron chi connectivity index (χ4n) is 4.75. The van der Waals surface area contributed by atoms with Gasteiger partial charge in [0.15, 0.2) is 11.6 Å². The summed E-state index contributed by atoms with van der Waals surface area (Å²) in [7, 11) is -6.00. The summed E-state index contributed by atoms with van der Waals surface area (Å²) >= 11 is 3.17. The van der Waals surface area contributed by atoms with Crippen LogP contribution in [0.2, 0.25) is 4.63 Å². The number of hydrogen-bond acceptors (Lipinski definition) is 12. The predicted octanol–water partition coefficient (Wildman–Crippen LogP) is 2.12. The van der Waals surface area contributed by atoms with Crippen LogP contribution >= 0.6 is 11.3 Å². The third kappa shape index (κ3) is 8.16. The maximum absolute atomic E-state index is 11.8. The standard InChI is InChI=1S/C23H27N7O3S2.CH3.Bi.HO3S/c1-35(31,32)30-7-5-28(6-8-30)15-16-13-20-21(34-16)23(29-9-11-33-12-10-29)26-22(25-20)17-3-2-4-19-18(17)14-24-27-19;;;1-4(2)3/h2-4,13-14H,5-12,15H2,1H3,(H,24,27);1H3;;(H,1,2,3)/q;;+1;-1. The first-order valence-electron chi connectivity index (χ1n) is 12.6. The second-order valence-corrected chi connectivity index (χ2v) is 12.7. The monoisotopic (exact) mass is 818 g/mol. The molecule has 0 saturated carbocycles. The van der Waals surface area contributed by atoms with E-state index in [0.29, 0.717) is 32.1 Å². The van der Waals surface area contributed by atoms with Gasteiger partial charge in [0.25, 0.3) is 0 Å². The first kappa shape index (κ1) is 32.1. The average Bonchev–Trinajstić information content (AvgIpc) is 3.60. The van der Waals surface area contributed by atoms with Crippen molar-refractivity contribution in [3.63, 3.8) is 0 Å². The second kappa shape index (κ2) is 14.6. The van der Waals surface area contributed by atoms with Crippen molar-refractivity contribution in [3.8, 4) is 11.4 Å². The number of nitrogens with one attached hydrogen (secondary N) is 1. The van der Waals surface area contributed by atoms with Crippen molar-refractivity contribution >= 4 is 84.0 Å². The van der Waals surface area contributed by atoms with E-state index in [1.165, 1.54) is 35.9 Å². The van der Waals surface area contributed by atoms with Crippen molar-refractivity contribution in [1.82, 2.24) is 29.4 Å². The maximum atomic E-state index is 11.8. The van der Waals surface area contributed by atoms with Gasteiger partial charge in [0.05, 0.1) is 41.4 Å². The first-order chi connectivity index (χ1) is 19.7. The summed E-state index contributed by atoms with van der Waals surface area (Å²) in [6, 6.07) is 8.19. The number of ether oxygens (including phenoxy) is 1. The number of aromatic amines is 1. The van der Waals surface area contributed by atoms with Gasteiger partial charge in [-0.3, -0.25) is 10.00 Å². The molecule has 0 amide bonds. The number of benzene rings is 1. The molecule has 0 bridgehead atoms. The molecule has 2 aliphatic rings. The van der Waals surface area contributed by atoms with Crippen LogP contribution in [0, 0.1) is 0 Å². The molecule has 221 valence electrons. The number of hydrogen-bond donors (Lipinski definition) is 2. The molecule has 4 aromatic rings. The molecule has 13 nitrogen and oxygen atoms in total. The van der Waals surface area contributed by atoms with Gasteiger partial charge in [0, 0.05) is 72.6 Å². The number of thiophene rings is 1. The number of aromatic nitrogens is 4. The van der Waals surface area contributed by atoms with Crippen molar-refractivity contribution in [1.29, 1.82) is 0 Å². The van der Waals surface area contributed by atoms with Crippen LogP contribution in [-0.4, -0.2) is 126 Å². The fourth-order valence-corrected chi connectivity index (χ4v) is 6.74. The fraction of sp³-hybridized carbons (Fsp3) is 0.458. The molecule has 1 aromatic carbocycles. The summed E-state index contributed by atoms with van der Waals surface area (Å²) in [5.74, 6) is 1.64. The molecule has 6 rings (SSSR count). The second-order valence-electron chi connectivity index (χ2n) is 9.19. The van der Waals surface area contributed by atoms with E-state index in [0.717, 1.165) is 65.2 Å². The number of morpholine rings is 1. The van der Waals surface area contributed by atoms with E-state index in [2.05, 4.69) is 30.7 Å². The number of fused-ring (bicyclic) bond motifs is 2. The van der Waals surface area contributed by atoms with E-state index in [1.54, 1.807) is 15.6 Å². The summed E-state index contributed by atoms with van der Waals surface area (Å²) in [5, 5.41) is 8.23. The molecule has 5 heterocycles. The number of H-pyrrole nitrogens is 1. The number of piperazine rings is 1. The average molecular weight is 819 g/mol. The van der Waals surface area contributed by atoms with Gasteiger partial charge in [-0.15, -0.1) is 11.3 Å². The summed E-state index contributed by atoms with van der Waals surface area (Å²) < 4.78 is 58.1. The van der Waals surface area contributed by atoms with Gasteiger partial charge >= 0.3 is 29.4 Å². The van der Waals surface area contributed by atoms with Crippen LogP contribution in [0.1, 0.15) is 4.88 Å². The summed E-state index contributed by atoms with van der Waals surface area (Å²) in [4.78, 5) is 15.8. The van der Waals surface area contributed by atoms with Gasteiger partial charge in [-0.2, -0.15) is 9.40 Å². The van der Waals surface area contributed by atoms with Gasteiger partial charge < -0.3 is 22.6 Å². The van der Waals surface area contributed by atoms with Crippen LogP contribution in [0.4, 0.5) is 5.82 Å². The zero-order valence-electron chi connectivity index (χ0n) is 22.6. The van der Waals surface area contributed by atoms with E-state index in [9.17, 15) is 8.42 Å². The van der Waals surface area contributed by atoms with Crippen molar-refractivity contribution in [2.45, 2.75) is 11.2 Å². The van der Waals surface area contributed by atoms with Crippen LogP contribution in [0.15, 0.2) is 30.5 Å². The molecule has 41 heavy (non-hydrogen) atoms. The molecule has 2 aliphatic heterocycles. The van der Waals surface area contributed by atoms with E-state index in [-0.39, 0.29) is 0 Å². The van der Waals surface area contributed by atoms with Crippen LogP contribution in [0.25, 0.3) is 32.5 Å². The summed E-state index contributed by atoms with van der Waals surface area (Å²) in [6.07, 6.45) is 3.10. The van der Waals surface area contributed by atoms with E-state index < -0.39 is 21.0 Å². The number of sulfonamides is 1. The molecule has 3 aromatic heterocycles. The molecular formula is C24H31BiN7O6S3. The molecule has 2 saturated heterocycles. The predicted molar refractivity (Wildman–Crippen MR) is 160 cm³/mol. The Morgan fingerprint density at radius 1 is 1.10 bits per heavy atom. The molecule has 0 unspecified atom stereocenters.